The summed E-state index contributed by atoms with van der Waals surface area (Å²) in [4.78, 5) is 0. The fourth-order valence-corrected chi connectivity index (χ4v) is 5.76. The Balaban J connectivity index is 2.24. The molecule has 106 valence electrons. The van der Waals surface area contributed by atoms with Crippen LogP contribution in [-0.2, 0) is 0 Å². The van der Waals surface area contributed by atoms with Crippen molar-refractivity contribution in [2.75, 3.05) is 18.6 Å². The zero-order valence-electron chi connectivity index (χ0n) is 11.2. The van der Waals surface area contributed by atoms with Gasteiger partial charge in [0.25, 0.3) is 0 Å². The third kappa shape index (κ3) is 3.44. The molecule has 3 atom stereocenters. The lowest BCUT2D eigenvalue weighted by Crippen LogP contribution is -2.37. The lowest BCUT2D eigenvalue weighted by atomic mass is 10.00. The van der Waals surface area contributed by atoms with Crippen molar-refractivity contribution in [2.24, 2.45) is 0 Å². The first-order chi connectivity index (χ1) is 9.17. The predicted molar refractivity (Wildman–Crippen MR) is 80.9 cm³/mol. The molecule has 2 rings (SSSR count). The van der Waals surface area contributed by atoms with Crippen molar-refractivity contribution in [2.45, 2.75) is 29.9 Å². The lowest BCUT2D eigenvalue weighted by molar-refractivity contribution is 0.496. The van der Waals surface area contributed by atoms with Crippen LogP contribution in [0.2, 0.25) is 0 Å². The number of rotatable bonds is 4. The zero-order chi connectivity index (χ0) is 13.8. The fourth-order valence-electron chi connectivity index (χ4n) is 2.47. The first-order valence-corrected chi connectivity index (χ1v) is 8.62. The molecule has 0 radical (unpaired) electrons. The molecule has 1 saturated heterocycles. The lowest BCUT2D eigenvalue weighted by Gasteiger charge is -2.36. The molecule has 0 aliphatic carbocycles. The van der Waals surface area contributed by atoms with Crippen LogP contribution in [0, 0.1) is 11.6 Å². The van der Waals surface area contributed by atoms with E-state index in [9.17, 15) is 8.78 Å². The standard InChI is InChI=1S/C14H19F2NS2/c1-3-12-14(19-7-6-18-12)13(17-2)9-4-5-10(15)11(16)8-9/h4-5,8,12-14,17H,3,6-7H2,1-2H3. The van der Waals surface area contributed by atoms with Crippen molar-refractivity contribution in [3.8, 4) is 0 Å². The van der Waals surface area contributed by atoms with Gasteiger partial charge >= 0.3 is 0 Å². The summed E-state index contributed by atoms with van der Waals surface area (Å²) in [5.41, 5.74) is 0.833. The highest BCUT2D eigenvalue weighted by molar-refractivity contribution is 8.07. The molecular weight excluding hydrogens is 284 g/mol. The van der Waals surface area contributed by atoms with Crippen LogP contribution in [0.3, 0.4) is 0 Å². The molecule has 1 aromatic carbocycles. The summed E-state index contributed by atoms with van der Waals surface area (Å²) in [5.74, 6) is 0.747. The maximum atomic E-state index is 13.4. The van der Waals surface area contributed by atoms with Gasteiger partial charge in [0.1, 0.15) is 0 Å². The van der Waals surface area contributed by atoms with Gasteiger partial charge in [-0.2, -0.15) is 23.5 Å². The fraction of sp³-hybridized carbons (Fsp3) is 0.571. The molecule has 0 amide bonds. The highest BCUT2D eigenvalue weighted by Crippen LogP contribution is 2.40. The van der Waals surface area contributed by atoms with E-state index in [1.807, 2.05) is 30.6 Å². The number of benzene rings is 1. The SMILES string of the molecule is CCC1SCCSC1C(NC)c1ccc(F)c(F)c1. The van der Waals surface area contributed by atoms with Gasteiger partial charge in [0, 0.05) is 28.0 Å². The maximum absolute atomic E-state index is 13.4. The first-order valence-electron chi connectivity index (χ1n) is 6.52. The number of nitrogens with one attached hydrogen (secondary N) is 1. The third-order valence-corrected chi connectivity index (χ3v) is 6.79. The van der Waals surface area contributed by atoms with Crippen molar-refractivity contribution in [3.63, 3.8) is 0 Å². The molecule has 0 spiro atoms. The number of hydrogen-bond acceptors (Lipinski definition) is 3. The molecule has 1 heterocycles. The van der Waals surface area contributed by atoms with Crippen molar-refractivity contribution in [1.82, 2.24) is 5.32 Å². The topological polar surface area (TPSA) is 12.0 Å². The molecular formula is C14H19F2NS2. The van der Waals surface area contributed by atoms with Crippen LogP contribution in [0.15, 0.2) is 18.2 Å². The molecule has 0 saturated carbocycles. The molecule has 1 fully saturated rings. The molecule has 1 aliphatic rings. The second-order valence-electron chi connectivity index (χ2n) is 4.59. The van der Waals surface area contributed by atoms with E-state index in [2.05, 4.69) is 12.2 Å². The highest BCUT2D eigenvalue weighted by Gasteiger charge is 2.32. The minimum atomic E-state index is -0.781. The van der Waals surface area contributed by atoms with Crippen LogP contribution < -0.4 is 5.32 Å². The van der Waals surface area contributed by atoms with Gasteiger partial charge in [-0.15, -0.1) is 0 Å². The number of hydrogen-bond donors (Lipinski definition) is 1. The summed E-state index contributed by atoms with van der Waals surface area (Å²) in [5, 5.41) is 4.24. The number of halogens is 2. The Morgan fingerprint density at radius 3 is 2.63 bits per heavy atom. The smallest absolute Gasteiger partial charge is 0.159 e. The minimum absolute atomic E-state index is 0.0675. The third-order valence-electron chi connectivity index (χ3n) is 3.44. The molecule has 5 heteroatoms. The summed E-state index contributed by atoms with van der Waals surface area (Å²) in [6.07, 6.45) is 1.10. The van der Waals surface area contributed by atoms with Gasteiger partial charge < -0.3 is 5.32 Å². The number of thioether (sulfide) groups is 2. The van der Waals surface area contributed by atoms with E-state index < -0.39 is 11.6 Å². The second kappa shape index (κ2) is 6.95. The normalized spacial score (nSPS) is 25.3. The molecule has 1 N–H and O–H groups in total. The molecule has 0 aromatic heterocycles. The van der Waals surface area contributed by atoms with Gasteiger partial charge in [0.05, 0.1) is 0 Å². The largest absolute Gasteiger partial charge is 0.312 e. The van der Waals surface area contributed by atoms with E-state index in [1.54, 1.807) is 6.07 Å². The summed E-state index contributed by atoms with van der Waals surface area (Å²) >= 11 is 3.92. The van der Waals surface area contributed by atoms with Crippen LogP contribution in [0.5, 0.6) is 0 Å². The van der Waals surface area contributed by atoms with E-state index in [1.165, 1.54) is 17.9 Å². The maximum Gasteiger partial charge on any atom is 0.159 e. The van der Waals surface area contributed by atoms with Crippen molar-refractivity contribution >= 4 is 23.5 Å². The van der Waals surface area contributed by atoms with Crippen LogP contribution in [0.1, 0.15) is 24.9 Å². The molecule has 1 aliphatic heterocycles. The van der Waals surface area contributed by atoms with E-state index in [0.717, 1.165) is 17.7 Å². The Hall–Kier alpha value is -0.260. The van der Waals surface area contributed by atoms with Gasteiger partial charge in [-0.05, 0) is 31.2 Å². The molecule has 1 nitrogen and oxygen atoms in total. The van der Waals surface area contributed by atoms with Gasteiger partial charge in [-0.1, -0.05) is 13.0 Å². The van der Waals surface area contributed by atoms with Gasteiger partial charge in [-0.25, -0.2) is 8.78 Å². The summed E-state index contributed by atoms with van der Waals surface area (Å²) in [7, 11) is 1.89. The quantitative estimate of drug-likeness (QED) is 0.907. The zero-order valence-corrected chi connectivity index (χ0v) is 12.8. The predicted octanol–water partition coefficient (Wildman–Crippen LogP) is 3.85. The van der Waals surface area contributed by atoms with E-state index in [0.29, 0.717) is 10.5 Å². The van der Waals surface area contributed by atoms with Crippen molar-refractivity contribution < 1.29 is 8.78 Å². The van der Waals surface area contributed by atoms with Gasteiger partial charge in [-0.3, -0.25) is 0 Å². The summed E-state index contributed by atoms with van der Waals surface area (Å²) in [6, 6.07) is 4.30. The summed E-state index contributed by atoms with van der Waals surface area (Å²) < 4.78 is 26.5. The van der Waals surface area contributed by atoms with E-state index >= 15 is 0 Å². The molecule has 19 heavy (non-hydrogen) atoms. The molecule has 0 bridgehead atoms. The minimum Gasteiger partial charge on any atom is -0.312 e. The van der Waals surface area contributed by atoms with E-state index in [-0.39, 0.29) is 6.04 Å². The Kier molecular flexibility index (Phi) is 5.54. The van der Waals surface area contributed by atoms with E-state index in [4.69, 9.17) is 0 Å². The van der Waals surface area contributed by atoms with Gasteiger partial charge in [0.15, 0.2) is 11.6 Å². The monoisotopic (exact) mass is 303 g/mol. The average Bonchev–Trinajstić information content (AvgIpc) is 2.44. The Bertz CT molecular complexity index is 428. The van der Waals surface area contributed by atoms with Gasteiger partial charge in [0.2, 0.25) is 0 Å². The van der Waals surface area contributed by atoms with Crippen molar-refractivity contribution in [1.29, 1.82) is 0 Å². The summed E-state index contributed by atoms with van der Waals surface area (Å²) in [6.45, 7) is 2.19. The van der Waals surface area contributed by atoms with Crippen LogP contribution in [-0.4, -0.2) is 29.1 Å². The second-order valence-corrected chi connectivity index (χ2v) is 7.23. The highest BCUT2D eigenvalue weighted by atomic mass is 32.2. The molecule has 3 unspecified atom stereocenters. The van der Waals surface area contributed by atoms with Crippen LogP contribution in [0.4, 0.5) is 8.78 Å². The molecule has 1 aromatic rings. The average molecular weight is 303 g/mol. The Labute approximate surface area is 121 Å². The first kappa shape index (κ1) is 15.1. The Morgan fingerprint density at radius 2 is 2.00 bits per heavy atom. The Morgan fingerprint density at radius 1 is 1.26 bits per heavy atom. The van der Waals surface area contributed by atoms with Crippen LogP contribution in [0.25, 0.3) is 0 Å². The van der Waals surface area contributed by atoms with Crippen LogP contribution >= 0.6 is 23.5 Å². The van der Waals surface area contributed by atoms with Crippen molar-refractivity contribution in [3.05, 3.63) is 35.4 Å².